The summed E-state index contributed by atoms with van der Waals surface area (Å²) in [7, 11) is 1.40. The first-order valence-electron chi connectivity index (χ1n) is 13.6. The fraction of sp³-hybridized carbons (Fsp3) is 0.387. The zero-order chi connectivity index (χ0) is 30.5. The topological polar surface area (TPSA) is 142 Å². The van der Waals surface area contributed by atoms with E-state index in [1.807, 2.05) is 36.4 Å². The highest BCUT2D eigenvalue weighted by Crippen LogP contribution is 2.22. The lowest BCUT2D eigenvalue weighted by molar-refractivity contribution is -0.145. The minimum absolute atomic E-state index is 0.0154. The summed E-state index contributed by atoms with van der Waals surface area (Å²) < 4.78 is 21.1. The second kappa shape index (κ2) is 15.4. The van der Waals surface area contributed by atoms with Gasteiger partial charge in [-0.2, -0.15) is 0 Å². The first-order chi connectivity index (χ1) is 20.1. The Bertz CT molecular complexity index is 1370. The fourth-order valence-electron chi connectivity index (χ4n) is 3.90. The van der Waals surface area contributed by atoms with Gasteiger partial charge >= 0.3 is 18.2 Å². The van der Waals surface area contributed by atoms with Crippen molar-refractivity contribution in [1.29, 1.82) is 0 Å². The molecule has 42 heavy (non-hydrogen) atoms. The molecule has 1 aromatic heterocycles. The zero-order valence-electron chi connectivity index (χ0n) is 24.3. The number of hydrogen-bond donors (Lipinski definition) is 2. The lowest BCUT2D eigenvalue weighted by atomic mass is 10.1. The van der Waals surface area contributed by atoms with E-state index in [9.17, 15) is 19.2 Å². The lowest BCUT2D eigenvalue weighted by Gasteiger charge is -2.20. The molecular weight excluding hydrogens is 542 g/mol. The largest absolute Gasteiger partial charge is 0.480 e. The number of benzene rings is 2. The number of nitrogens with one attached hydrogen (secondary N) is 2. The average molecular weight is 580 g/mol. The summed E-state index contributed by atoms with van der Waals surface area (Å²) in [6.45, 7) is 5.05. The first kappa shape index (κ1) is 31.9. The predicted molar refractivity (Wildman–Crippen MR) is 155 cm³/mol. The van der Waals surface area contributed by atoms with Crippen molar-refractivity contribution in [3.63, 3.8) is 0 Å². The van der Waals surface area contributed by atoms with Gasteiger partial charge in [-0.1, -0.05) is 48.5 Å². The van der Waals surface area contributed by atoms with Crippen LogP contribution in [0, 0.1) is 0 Å². The summed E-state index contributed by atoms with van der Waals surface area (Å²) in [5, 5.41) is 5.91. The Hall–Kier alpha value is -4.67. The third-order valence-electron chi connectivity index (χ3n) is 5.91. The molecule has 0 saturated heterocycles. The maximum atomic E-state index is 13.0. The molecule has 0 aliphatic heterocycles. The van der Waals surface area contributed by atoms with Gasteiger partial charge in [-0.3, -0.25) is 4.79 Å². The molecule has 224 valence electrons. The Labute approximate surface area is 244 Å². The molecule has 0 aliphatic rings. The van der Waals surface area contributed by atoms with E-state index in [2.05, 4.69) is 15.6 Å². The van der Waals surface area contributed by atoms with E-state index < -0.39 is 42.2 Å². The van der Waals surface area contributed by atoms with Crippen LogP contribution in [0.1, 0.15) is 56.0 Å². The maximum absolute atomic E-state index is 13.0. The minimum atomic E-state index is -1.08. The molecule has 0 saturated carbocycles. The zero-order valence-corrected chi connectivity index (χ0v) is 24.3. The molecule has 0 radical (unpaired) electrons. The highest BCUT2D eigenvalue weighted by molar-refractivity contribution is 6.02. The second-order valence-corrected chi connectivity index (χ2v) is 10.5. The van der Waals surface area contributed by atoms with Crippen molar-refractivity contribution in [2.45, 2.75) is 58.3 Å². The van der Waals surface area contributed by atoms with Crippen LogP contribution in [-0.2, 0) is 25.6 Å². The number of aromatic nitrogens is 1. The summed E-state index contributed by atoms with van der Waals surface area (Å²) in [5.74, 6) is -1.19. The number of fused-ring (bicyclic) bond motifs is 1. The number of alkyl carbamates (subject to hydrolysis) is 2. The van der Waals surface area contributed by atoms with Crippen molar-refractivity contribution in [3.05, 3.63) is 71.8 Å². The van der Waals surface area contributed by atoms with Gasteiger partial charge in [0, 0.05) is 11.9 Å². The van der Waals surface area contributed by atoms with Crippen LogP contribution in [0.4, 0.5) is 9.59 Å². The molecule has 2 N–H and O–H groups in total. The number of nitrogens with zero attached hydrogens (tertiary/aromatic N) is 1. The van der Waals surface area contributed by atoms with E-state index in [0.717, 1.165) is 10.9 Å². The van der Waals surface area contributed by atoms with Crippen LogP contribution in [0.5, 0.6) is 5.88 Å². The van der Waals surface area contributed by atoms with Crippen LogP contribution in [0.25, 0.3) is 10.9 Å². The Balaban J connectivity index is 1.59. The van der Waals surface area contributed by atoms with E-state index in [0.29, 0.717) is 24.9 Å². The molecule has 3 rings (SSSR count). The highest BCUT2D eigenvalue weighted by atomic mass is 16.6. The number of pyridine rings is 1. The number of carbonyl (C=O) groups excluding carboxylic acids is 4. The Morgan fingerprint density at radius 3 is 2.33 bits per heavy atom. The van der Waals surface area contributed by atoms with Gasteiger partial charge < -0.3 is 29.6 Å². The molecule has 1 atom stereocenters. The Kier molecular flexibility index (Phi) is 11.7. The Morgan fingerprint density at radius 1 is 0.905 bits per heavy atom. The van der Waals surface area contributed by atoms with Gasteiger partial charge in [-0.25, -0.2) is 19.4 Å². The standard InChI is InChI=1S/C31H37N3O8/c1-31(2,3)42-29(37)32-17-11-10-16-25(34-30(38)41-19-21-12-6-5-7-13-21)28(36)40-20-26(35)23-18-22-14-8-9-15-24(22)33-27(23)39-4/h5-9,12-15,18,25H,10-11,16-17,19-20H2,1-4H3,(H,32,37)(H,34,38). The highest BCUT2D eigenvalue weighted by Gasteiger charge is 2.25. The molecule has 2 aromatic carbocycles. The van der Waals surface area contributed by atoms with Crippen molar-refractivity contribution in [1.82, 2.24) is 15.6 Å². The smallest absolute Gasteiger partial charge is 0.408 e. The number of esters is 1. The van der Waals surface area contributed by atoms with Crippen LogP contribution in [0.2, 0.25) is 0 Å². The second-order valence-electron chi connectivity index (χ2n) is 10.5. The van der Waals surface area contributed by atoms with Gasteiger partial charge in [0.15, 0.2) is 6.61 Å². The molecule has 0 fully saturated rings. The van der Waals surface area contributed by atoms with Crippen LogP contribution < -0.4 is 15.4 Å². The first-order valence-corrected chi connectivity index (χ1v) is 13.6. The van der Waals surface area contributed by atoms with Gasteiger partial charge in [0.05, 0.1) is 18.2 Å². The molecule has 0 bridgehead atoms. The molecule has 11 nitrogen and oxygen atoms in total. The van der Waals surface area contributed by atoms with Crippen LogP contribution >= 0.6 is 0 Å². The van der Waals surface area contributed by atoms with E-state index in [4.69, 9.17) is 18.9 Å². The number of ether oxygens (including phenoxy) is 4. The van der Waals surface area contributed by atoms with Gasteiger partial charge in [-0.15, -0.1) is 0 Å². The lowest BCUT2D eigenvalue weighted by Crippen LogP contribution is -2.42. The van der Waals surface area contributed by atoms with E-state index in [1.54, 1.807) is 45.0 Å². The van der Waals surface area contributed by atoms with Crippen molar-refractivity contribution in [2.24, 2.45) is 0 Å². The number of Topliss-reactive ketones (excluding diaryl/α,β-unsaturated/α-hetero) is 1. The number of para-hydroxylation sites is 1. The fourth-order valence-corrected chi connectivity index (χ4v) is 3.90. The molecule has 1 unspecified atom stereocenters. The summed E-state index contributed by atoms with van der Waals surface area (Å²) in [5.41, 5.74) is 0.989. The number of hydrogen-bond acceptors (Lipinski definition) is 9. The molecule has 2 amide bonds. The number of methoxy groups -OCH3 is 1. The van der Waals surface area contributed by atoms with E-state index >= 15 is 0 Å². The minimum Gasteiger partial charge on any atom is -0.480 e. The third kappa shape index (κ3) is 10.4. The summed E-state index contributed by atoms with van der Waals surface area (Å²) in [4.78, 5) is 54.7. The number of unbranched alkanes of at least 4 members (excludes halogenated alkanes) is 1. The number of carbonyl (C=O) groups is 4. The summed E-state index contributed by atoms with van der Waals surface area (Å²) in [6.07, 6.45) is -0.213. The van der Waals surface area contributed by atoms with Crippen molar-refractivity contribution >= 4 is 34.8 Å². The number of rotatable bonds is 13. The molecule has 1 heterocycles. The van der Waals surface area contributed by atoms with Crippen molar-refractivity contribution in [2.75, 3.05) is 20.3 Å². The average Bonchev–Trinajstić information content (AvgIpc) is 2.96. The monoisotopic (exact) mass is 579 g/mol. The normalized spacial score (nSPS) is 11.7. The Morgan fingerprint density at radius 2 is 1.62 bits per heavy atom. The van der Waals surface area contributed by atoms with Gasteiger partial charge in [0.2, 0.25) is 11.7 Å². The van der Waals surface area contributed by atoms with Crippen LogP contribution in [-0.4, -0.2) is 60.8 Å². The SMILES string of the molecule is COc1nc2ccccc2cc1C(=O)COC(=O)C(CCCCNC(=O)OC(C)(C)C)NC(=O)OCc1ccccc1. The van der Waals surface area contributed by atoms with Crippen LogP contribution in [0.3, 0.4) is 0 Å². The van der Waals surface area contributed by atoms with Gasteiger partial charge in [0.25, 0.3) is 0 Å². The van der Waals surface area contributed by atoms with E-state index in [1.165, 1.54) is 7.11 Å². The van der Waals surface area contributed by atoms with Crippen molar-refractivity contribution < 1.29 is 38.1 Å². The number of ketones is 1. The molecule has 0 spiro atoms. The van der Waals surface area contributed by atoms with Crippen LogP contribution in [0.15, 0.2) is 60.7 Å². The van der Waals surface area contributed by atoms with Crippen molar-refractivity contribution in [3.8, 4) is 5.88 Å². The number of amides is 2. The van der Waals surface area contributed by atoms with E-state index in [-0.39, 0.29) is 24.5 Å². The molecule has 0 aliphatic carbocycles. The molecule has 11 heteroatoms. The third-order valence-corrected chi connectivity index (χ3v) is 5.91. The van der Waals surface area contributed by atoms with Gasteiger partial charge in [0.1, 0.15) is 18.2 Å². The quantitative estimate of drug-likeness (QED) is 0.124. The summed E-state index contributed by atoms with van der Waals surface area (Å²) in [6, 6.07) is 16.9. The molecular formula is C31H37N3O8. The molecule has 3 aromatic rings. The summed E-state index contributed by atoms with van der Waals surface area (Å²) >= 11 is 0. The van der Waals surface area contributed by atoms with Gasteiger partial charge in [-0.05, 0) is 57.7 Å². The maximum Gasteiger partial charge on any atom is 0.408 e. The predicted octanol–water partition coefficient (Wildman–Crippen LogP) is 4.96.